The molecule has 0 amide bonds. The lowest BCUT2D eigenvalue weighted by molar-refractivity contribution is 1.09. The van der Waals surface area contributed by atoms with Gasteiger partial charge in [0.25, 0.3) is 0 Å². The highest BCUT2D eigenvalue weighted by Gasteiger charge is 2.11. The molecule has 0 radical (unpaired) electrons. The van der Waals surface area contributed by atoms with E-state index in [-0.39, 0.29) is 0 Å². The maximum absolute atomic E-state index is 6.17. The summed E-state index contributed by atoms with van der Waals surface area (Å²) in [5, 5.41) is 1.32. The number of nitrogen functional groups attached to an aromatic ring is 1. The van der Waals surface area contributed by atoms with Crippen LogP contribution in [-0.2, 0) is 0 Å². The molecule has 0 spiro atoms. The van der Waals surface area contributed by atoms with E-state index in [4.69, 9.17) is 17.3 Å². The second kappa shape index (κ2) is 8.12. The van der Waals surface area contributed by atoms with E-state index in [1.165, 1.54) is 17.3 Å². The zero-order chi connectivity index (χ0) is 15.1. The minimum atomic E-state index is 0.332. The maximum atomic E-state index is 6.17. The van der Waals surface area contributed by atoms with Crippen LogP contribution in [0.3, 0.4) is 0 Å². The highest BCUT2D eigenvalue weighted by Crippen LogP contribution is 2.33. The van der Waals surface area contributed by atoms with Gasteiger partial charge < -0.3 is 5.73 Å². The molecule has 0 aliphatic heterocycles. The molecule has 0 saturated heterocycles. The highest BCUT2D eigenvalue weighted by molar-refractivity contribution is 8.14. The third-order valence-corrected chi connectivity index (χ3v) is 4.43. The molecule has 20 heavy (non-hydrogen) atoms. The molecule has 0 aromatic carbocycles. The fourth-order valence-electron chi connectivity index (χ4n) is 1.23. The summed E-state index contributed by atoms with van der Waals surface area (Å²) in [4.78, 5) is 9.33. The first-order valence-electron chi connectivity index (χ1n) is 6.49. The molecule has 0 saturated carbocycles. The van der Waals surface area contributed by atoms with E-state index in [2.05, 4.69) is 37.3 Å². The number of hydrogen-bond acceptors (Lipinski definition) is 4. The van der Waals surface area contributed by atoms with Gasteiger partial charge in [-0.05, 0) is 31.4 Å². The largest absolute Gasteiger partial charge is 0.382 e. The van der Waals surface area contributed by atoms with Gasteiger partial charge in [0.1, 0.15) is 10.9 Å². The van der Waals surface area contributed by atoms with Crippen LogP contribution >= 0.6 is 23.4 Å². The summed E-state index contributed by atoms with van der Waals surface area (Å²) in [5.74, 6) is 0.332. The van der Waals surface area contributed by atoms with Gasteiger partial charge in [0.2, 0.25) is 0 Å². The van der Waals surface area contributed by atoms with Crippen LogP contribution in [0.15, 0.2) is 46.1 Å². The number of pyridine rings is 1. The molecule has 1 rings (SSSR count). The molecule has 0 aliphatic rings. The van der Waals surface area contributed by atoms with Gasteiger partial charge in [-0.2, -0.15) is 0 Å². The van der Waals surface area contributed by atoms with Gasteiger partial charge in [-0.15, -0.1) is 0 Å². The van der Waals surface area contributed by atoms with Crippen LogP contribution in [0, 0.1) is 0 Å². The van der Waals surface area contributed by atoms with Gasteiger partial charge in [0.15, 0.2) is 0 Å². The zero-order valence-electron chi connectivity index (χ0n) is 12.1. The minimum absolute atomic E-state index is 0.332. The van der Waals surface area contributed by atoms with Gasteiger partial charge in [0, 0.05) is 17.3 Å². The molecule has 5 heteroatoms. The number of allylic oxidation sites excluding steroid dienone is 1. The standard InChI is InChI=1S/C15H20ClN3S/c1-5-10(3)9-19-15(11(4)6-2)20-12-7-8-18-14(17)13(12)16/h7-9H,4-6H2,1-3H3,(H2,17,18)/b10-9-,19-15?. The van der Waals surface area contributed by atoms with E-state index in [0.717, 1.165) is 28.4 Å². The van der Waals surface area contributed by atoms with E-state index in [9.17, 15) is 0 Å². The average molecular weight is 310 g/mol. The van der Waals surface area contributed by atoms with Gasteiger partial charge in [0.05, 0.1) is 5.02 Å². The van der Waals surface area contributed by atoms with E-state index in [1.54, 1.807) is 6.20 Å². The summed E-state index contributed by atoms with van der Waals surface area (Å²) in [6, 6.07) is 1.83. The summed E-state index contributed by atoms with van der Waals surface area (Å²) < 4.78 is 0. The monoisotopic (exact) mass is 309 g/mol. The van der Waals surface area contributed by atoms with Gasteiger partial charge in [-0.3, -0.25) is 0 Å². The highest BCUT2D eigenvalue weighted by atomic mass is 35.5. The zero-order valence-corrected chi connectivity index (χ0v) is 13.7. The summed E-state index contributed by atoms with van der Waals surface area (Å²) in [6.07, 6.45) is 5.33. The number of aromatic nitrogens is 1. The maximum Gasteiger partial charge on any atom is 0.143 e. The number of halogens is 1. The number of anilines is 1. The van der Waals surface area contributed by atoms with Crippen molar-refractivity contribution in [1.82, 2.24) is 4.98 Å². The van der Waals surface area contributed by atoms with Crippen molar-refractivity contribution in [3.05, 3.63) is 41.2 Å². The van der Waals surface area contributed by atoms with E-state index in [0.29, 0.717) is 10.8 Å². The topological polar surface area (TPSA) is 51.3 Å². The minimum Gasteiger partial charge on any atom is -0.382 e. The van der Waals surface area contributed by atoms with Crippen molar-refractivity contribution < 1.29 is 0 Å². The molecular formula is C15H20ClN3S. The van der Waals surface area contributed by atoms with Crippen LogP contribution in [-0.4, -0.2) is 10.0 Å². The Kier molecular flexibility index (Phi) is 6.82. The number of nitrogens with two attached hydrogens (primary N) is 1. The number of hydrogen-bond donors (Lipinski definition) is 1. The third-order valence-electron chi connectivity index (χ3n) is 2.78. The third kappa shape index (κ3) is 4.69. The summed E-state index contributed by atoms with van der Waals surface area (Å²) in [6.45, 7) is 10.3. The Morgan fingerprint density at radius 3 is 2.80 bits per heavy atom. The molecule has 1 aromatic rings. The molecule has 0 unspecified atom stereocenters. The van der Waals surface area contributed by atoms with Crippen LogP contribution in [0.5, 0.6) is 0 Å². The molecule has 108 valence electrons. The quantitative estimate of drug-likeness (QED) is 0.468. The summed E-state index contributed by atoms with van der Waals surface area (Å²) >= 11 is 7.64. The first kappa shape index (κ1) is 16.8. The summed E-state index contributed by atoms with van der Waals surface area (Å²) in [5.41, 5.74) is 7.91. The molecule has 1 heterocycles. The number of thioether (sulfide) groups is 1. The van der Waals surface area contributed by atoms with Gasteiger partial charge >= 0.3 is 0 Å². The Morgan fingerprint density at radius 1 is 1.50 bits per heavy atom. The summed E-state index contributed by atoms with van der Waals surface area (Å²) in [7, 11) is 0. The molecule has 0 fully saturated rings. The lowest BCUT2D eigenvalue weighted by Crippen LogP contribution is -1.98. The second-order valence-electron chi connectivity index (χ2n) is 4.33. The van der Waals surface area contributed by atoms with Gasteiger partial charge in [-0.1, -0.05) is 49.4 Å². The van der Waals surface area contributed by atoms with Crippen LogP contribution in [0.2, 0.25) is 5.02 Å². The Morgan fingerprint density at radius 2 is 2.20 bits per heavy atom. The molecule has 1 aromatic heterocycles. The van der Waals surface area contributed by atoms with E-state index >= 15 is 0 Å². The first-order chi connectivity index (χ1) is 9.49. The van der Waals surface area contributed by atoms with E-state index < -0.39 is 0 Å². The van der Waals surface area contributed by atoms with E-state index in [1.807, 2.05) is 12.3 Å². The first-order valence-corrected chi connectivity index (χ1v) is 7.68. The van der Waals surface area contributed by atoms with Crippen molar-refractivity contribution >= 4 is 34.2 Å². The van der Waals surface area contributed by atoms with Crippen molar-refractivity contribution in [2.75, 3.05) is 5.73 Å². The molecule has 0 bridgehead atoms. The lowest BCUT2D eigenvalue weighted by atomic mass is 10.2. The van der Waals surface area contributed by atoms with Crippen LogP contribution < -0.4 is 5.73 Å². The predicted octanol–water partition coefficient (Wildman–Crippen LogP) is 5.09. The molecule has 3 nitrogen and oxygen atoms in total. The van der Waals surface area contributed by atoms with Crippen molar-refractivity contribution in [3.8, 4) is 0 Å². The number of rotatable bonds is 5. The number of aliphatic imine (C=N–C) groups is 1. The Balaban J connectivity index is 3.08. The predicted molar refractivity (Wildman–Crippen MR) is 90.4 cm³/mol. The van der Waals surface area contributed by atoms with Gasteiger partial charge in [-0.25, -0.2) is 9.98 Å². The van der Waals surface area contributed by atoms with Crippen molar-refractivity contribution in [3.63, 3.8) is 0 Å². The van der Waals surface area contributed by atoms with Crippen LogP contribution in [0.1, 0.15) is 33.6 Å². The Hall–Kier alpha value is -1.26. The van der Waals surface area contributed by atoms with Crippen LogP contribution in [0.25, 0.3) is 0 Å². The second-order valence-corrected chi connectivity index (χ2v) is 5.74. The lowest BCUT2D eigenvalue weighted by Gasteiger charge is -2.09. The van der Waals surface area contributed by atoms with Crippen molar-refractivity contribution in [2.45, 2.75) is 38.5 Å². The fourth-order valence-corrected chi connectivity index (χ4v) is 2.38. The van der Waals surface area contributed by atoms with Crippen molar-refractivity contribution in [1.29, 1.82) is 0 Å². The Labute approximate surface area is 130 Å². The number of nitrogens with zero attached hydrogens (tertiary/aromatic N) is 2. The molecule has 0 atom stereocenters. The SMILES string of the molecule is C=C(CC)C(=N/C=C(/C)CC)Sc1ccnc(N)c1Cl. The fraction of sp³-hybridized carbons (Fsp3) is 0.333. The molecule has 0 aliphatic carbocycles. The van der Waals surface area contributed by atoms with Crippen molar-refractivity contribution in [2.24, 2.45) is 4.99 Å². The van der Waals surface area contributed by atoms with Crippen LogP contribution in [0.4, 0.5) is 5.82 Å². The smallest absolute Gasteiger partial charge is 0.143 e. The molecular weight excluding hydrogens is 290 g/mol. The average Bonchev–Trinajstić information content (AvgIpc) is 2.46. The molecule has 2 N–H and O–H groups in total. The normalized spacial score (nSPS) is 12.6. The Bertz CT molecular complexity index is 550.